The second kappa shape index (κ2) is 5.82. The van der Waals surface area contributed by atoms with Crippen molar-refractivity contribution in [2.45, 2.75) is 13.0 Å². The van der Waals surface area contributed by atoms with Crippen molar-refractivity contribution in [1.82, 2.24) is 15.5 Å². The fraction of sp³-hybridized carbons (Fsp3) is 0.889. The largest absolute Gasteiger partial charge is 0.383 e. The molecule has 5 heteroatoms. The van der Waals surface area contributed by atoms with Gasteiger partial charge in [0.1, 0.15) is 0 Å². The molecule has 1 rings (SSSR count). The molecule has 82 valence electrons. The molecule has 0 saturated carbocycles. The summed E-state index contributed by atoms with van der Waals surface area (Å²) >= 11 is 0. The molecule has 1 saturated heterocycles. The zero-order chi connectivity index (χ0) is 10.4. The highest BCUT2D eigenvalue weighted by Gasteiger charge is 2.19. The molecule has 0 aliphatic carbocycles. The maximum Gasteiger partial charge on any atom is 0.317 e. The van der Waals surface area contributed by atoms with E-state index in [0.29, 0.717) is 19.2 Å². The molecule has 1 fully saturated rings. The molecule has 1 heterocycles. The van der Waals surface area contributed by atoms with Gasteiger partial charge in [-0.05, 0) is 6.92 Å². The number of nitrogens with zero attached hydrogens (tertiary/aromatic N) is 1. The Balaban J connectivity index is 2.22. The Bertz CT molecular complexity index is 187. The zero-order valence-corrected chi connectivity index (χ0v) is 8.88. The first-order valence-electron chi connectivity index (χ1n) is 4.99. The van der Waals surface area contributed by atoms with Gasteiger partial charge in [0.15, 0.2) is 0 Å². The zero-order valence-electron chi connectivity index (χ0n) is 8.88. The van der Waals surface area contributed by atoms with E-state index in [2.05, 4.69) is 17.6 Å². The maximum absolute atomic E-state index is 11.5. The van der Waals surface area contributed by atoms with Crippen molar-refractivity contribution < 1.29 is 9.53 Å². The highest BCUT2D eigenvalue weighted by molar-refractivity contribution is 5.74. The number of rotatable bonds is 3. The molecule has 0 aromatic rings. The highest BCUT2D eigenvalue weighted by atomic mass is 16.5. The minimum atomic E-state index is 0.00963. The lowest BCUT2D eigenvalue weighted by molar-refractivity contribution is 0.168. The number of methoxy groups -OCH3 is 1. The van der Waals surface area contributed by atoms with Crippen LogP contribution in [-0.4, -0.2) is 56.9 Å². The van der Waals surface area contributed by atoms with E-state index in [1.807, 2.05) is 4.90 Å². The molecular formula is C9H19N3O2. The molecule has 0 bridgehead atoms. The molecule has 1 atom stereocenters. The maximum atomic E-state index is 11.5. The Morgan fingerprint density at radius 1 is 1.71 bits per heavy atom. The summed E-state index contributed by atoms with van der Waals surface area (Å²) in [6, 6.07) is 0.396. The van der Waals surface area contributed by atoms with Gasteiger partial charge in [0.2, 0.25) is 0 Å². The Labute approximate surface area is 84.8 Å². The molecule has 0 aromatic heterocycles. The normalized spacial score (nSPS) is 22.1. The van der Waals surface area contributed by atoms with Gasteiger partial charge in [-0.3, -0.25) is 0 Å². The summed E-state index contributed by atoms with van der Waals surface area (Å²) in [5.74, 6) is 0. The summed E-state index contributed by atoms with van der Waals surface area (Å²) < 4.78 is 4.86. The predicted molar refractivity (Wildman–Crippen MR) is 54.3 cm³/mol. The topological polar surface area (TPSA) is 53.6 Å². The van der Waals surface area contributed by atoms with Gasteiger partial charge in [0.25, 0.3) is 0 Å². The predicted octanol–water partition coefficient (Wildman–Crippen LogP) is -0.364. The van der Waals surface area contributed by atoms with Crippen molar-refractivity contribution in [2.75, 3.05) is 39.9 Å². The molecule has 0 spiro atoms. The van der Waals surface area contributed by atoms with Crippen molar-refractivity contribution in [3.63, 3.8) is 0 Å². The second-order valence-electron chi connectivity index (χ2n) is 3.53. The number of amides is 2. The van der Waals surface area contributed by atoms with Crippen LogP contribution in [0, 0.1) is 0 Å². The fourth-order valence-electron chi connectivity index (χ4n) is 1.49. The van der Waals surface area contributed by atoms with Gasteiger partial charge in [0, 0.05) is 39.3 Å². The van der Waals surface area contributed by atoms with Crippen LogP contribution in [0.15, 0.2) is 0 Å². The smallest absolute Gasteiger partial charge is 0.317 e. The van der Waals surface area contributed by atoms with E-state index in [4.69, 9.17) is 4.74 Å². The van der Waals surface area contributed by atoms with Crippen LogP contribution in [0.5, 0.6) is 0 Å². The molecule has 1 aliphatic rings. The summed E-state index contributed by atoms with van der Waals surface area (Å²) in [5, 5.41) is 6.10. The summed E-state index contributed by atoms with van der Waals surface area (Å²) in [6.45, 7) is 5.65. The van der Waals surface area contributed by atoms with Crippen LogP contribution in [0.25, 0.3) is 0 Å². The Hall–Kier alpha value is -0.810. The van der Waals surface area contributed by atoms with Crippen LogP contribution in [0.4, 0.5) is 4.79 Å². The van der Waals surface area contributed by atoms with E-state index in [0.717, 1.165) is 19.6 Å². The number of piperazine rings is 1. The number of hydrogen-bond acceptors (Lipinski definition) is 3. The lowest BCUT2D eigenvalue weighted by atomic mass is 10.2. The van der Waals surface area contributed by atoms with Crippen LogP contribution in [-0.2, 0) is 4.74 Å². The summed E-state index contributed by atoms with van der Waals surface area (Å²) in [6.07, 6.45) is 0. The van der Waals surface area contributed by atoms with E-state index in [1.54, 1.807) is 7.11 Å². The molecule has 14 heavy (non-hydrogen) atoms. The minimum Gasteiger partial charge on any atom is -0.383 e. The first-order valence-corrected chi connectivity index (χ1v) is 4.99. The number of nitrogens with one attached hydrogen (secondary N) is 2. The van der Waals surface area contributed by atoms with Crippen LogP contribution in [0.1, 0.15) is 6.92 Å². The SMILES string of the molecule is COCCNC(=O)N1CCNC(C)C1. The number of urea groups is 1. The molecule has 5 nitrogen and oxygen atoms in total. The van der Waals surface area contributed by atoms with E-state index < -0.39 is 0 Å². The molecule has 2 N–H and O–H groups in total. The van der Waals surface area contributed by atoms with Gasteiger partial charge >= 0.3 is 6.03 Å². The molecule has 1 aliphatic heterocycles. The summed E-state index contributed by atoms with van der Waals surface area (Å²) in [4.78, 5) is 13.4. The van der Waals surface area contributed by atoms with Gasteiger partial charge < -0.3 is 20.3 Å². The van der Waals surface area contributed by atoms with E-state index in [1.165, 1.54) is 0 Å². The van der Waals surface area contributed by atoms with Gasteiger partial charge in [-0.25, -0.2) is 4.79 Å². The molecular weight excluding hydrogens is 182 g/mol. The average molecular weight is 201 g/mol. The van der Waals surface area contributed by atoms with E-state index in [-0.39, 0.29) is 6.03 Å². The third-order valence-corrected chi connectivity index (χ3v) is 2.24. The number of carbonyl (C=O) groups excluding carboxylic acids is 1. The molecule has 1 unspecified atom stereocenters. The summed E-state index contributed by atoms with van der Waals surface area (Å²) in [7, 11) is 1.62. The first kappa shape index (κ1) is 11.3. The lowest BCUT2D eigenvalue weighted by Gasteiger charge is -2.31. The molecule has 0 radical (unpaired) electrons. The van der Waals surface area contributed by atoms with Crippen molar-refractivity contribution in [1.29, 1.82) is 0 Å². The minimum absolute atomic E-state index is 0.00963. The first-order chi connectivity index (χ1) is 6.74. The Kier molecular flexibility index (Phi) is 4.69. The van der Waals surface area contributed by atoms with Crippen LogP contribution in [0.2, 0.25) is 0 Å². The highest BCUT2D eigenvalue weighted by Crippen LogP contribution is 1.98. The number of carbonyl (C=O) groups is 1. The van der Waals surface area contributed by atoms with E-state index >= 15 is 0 Å². The standard InChI is InChI=1S/C9H19N3O2/c1-8-7-12(5-3-10-8)9(13)11-4-6-14-2/h8,10H,3-7H2,1-2H3,(H,11,13). The third-order valence-electron chi connectivity index (χ3n) is 2.24. The van der Waals surface area contributed by atoms with Crippen molar-refractivity contribution in [2.24, 2.45) is 0 Å². The monoisotopic (exact) mass is 201 g/mol. The second-order valence-corrected chi connectivity index (χ2v) is 3.53. The van der Waals surface area contributed by atoms with Gasteiger partial charge in [-0.15, -0.1) is 0 Å². The average Bonchev–Trinajstić information content (AvgIpc) is 2.18. The van der Waals surface area contributed by atoms with Gasteiger partial charge in [0.05, 0.1) is 6.61 Å². The third kappa shape index (κ3) is 3.51. The van der Waals surface area contributed by atoms with Crippen LogP contribution >= 0.6 is 0 Å². The van der Waals surface area contributed by atoms with Gasteiger partial charge in [-0.2, -0.15) is 0 Å². The molecule has 0 aromatic carbocycles. The molecule has 2 amide bonds. The van der Waals surface area contributed by atoms with Crippen LogP contribution < -0.4 is 10.6 Å². The van der Waals surface area contributed by atoms with Crippen LogP contribution in [0.3, 0.4) is 0 Å². The van der Waals surface area contributed by atoms with Gasteiger partial charge in [-0.1, -0.05) is 0 Å². The quantitative estimate of drug-likeness (QED) is 0.613. The van der Waals surface area contributed by atoms with Crippen molar-refractivity contribution >= 4 is 6.03 Å². The van der Waals surface area contributed by atoms with E-state index in [9.17, 15) is 4.79 Å². The Morgan fingerprint density at radius 2 is 2.50 bits per heavy atom. The number of hydrogen-bond donors (Lipinski definition) is 2. The lowest BCUT2D eigenvalue weighted by Crippen LogP contribution is -2.54. The van der Waals surface area contributed by atoms with Crippen molar-refractivity contribution in [3.8, 4) is 0 Å². The van der Waals surface area contributed by atoms with Crippen molar-refractivity contribution in [3.05, 3.63) is 0 Å². The fourth-order valence-corrected chi connectivity index (χ4v) is 1.49. The summed E-state index contributed by atoms with van der Waals surface area (Å²) in [5.41, 5.74) is 0. The Morgan fingerprint density at radius 3 is 3.14 bits per heavy atom. The number of ether oxygens (including phenoxy) is 1.